The highest BCUT2D eigenvalue weighted by Crippen LogP contribution is 2.18. The summed E-state index contributed by atoms with van der Waals surface area (Å²) in [5.74, 6) is 0.809. The first-order valence-electron chi connectivity index (χ1n) is 6.86. The molecule has 0 saturated heterocycles. The zero-order valence-corrected chi connectivity index (χ0v) is 11.4. The van der Waals surface area contributed by atoms with Crippen LogP contribution in [-0.2, 0) is 11.3 Å². The van der Waals surface area contributed by atoms with Gasteiger partial charge in [-0.05, 0) is 30.5 Å². The predicted octanol–water partition coefficient (Wildman–Crippen LogP) is 1.35. The number of ether oxygens (including phenoxy) is 1. The van der Waals surface area contributed by atoms with Crippen LogP contribution in [0.2, 0.25) is 0 Å². The molecule has 1 aliphatic carbocycles. The molecule has 1 aliphatic rings. The number of rotatable bonds is 8. The molecule has 0 spiro atoms. The number of amides is 1. The summed E-state index contributed by atoms with van der Waals surface area (Å²) in [7, 11) is 0. The molecule has 1 aromatic carbocycles. The van der Waals surface area contributed by atoms with Gasteiger partial charge in [0.1, 0.15) is 11.8 Å². The average molecular weight is 273 g/mol. The third-order valence-electron chi connectivity index (χ3n) is 3.00. The Balaban J connectivity index is 1.65. The number of nitrogens with zero attached hydrogens (tertiary/aromatic N) is 1. The first kappa shape index (κ1) is 14.4. The molecule has 2 N–H and O–H groups in total. The maximum atomic E-state index is 11.5. The van der Waals surface area contributed by atoms with Gasteiger partial charge in [0.25, 0.3) is 0 Å². The van der Waals surface area contributed by atoms with Crippen molar-refractivity contribution in [1.82, 2.24) is 10.6 Å². The lowest BCUT2D eigenvalue weighted by Crippen LogP contribution is -2.28. The van der Waals surface area contributed by atoms with Crippen molar-refractivity contribution in [2.75, 3.05) is 13.2 Å². The van der Waals surface area contributed by atoms with Gasteiger partial charge >= 0.3 is 0 Å². The molecule has 0 radical (unpaired) electrons. The minimum atomic E-state index is 0.0538. The van der Waals surface area contributed by atoms with Gasteiger partial charge in [-0.2, -0.15) is 5.26 Å². The lowest BCUT2D eigenvalue weighted by molar-refractivity contribution is -0.121. The number of nitriles is 1. The summed E-state index contributed by atoms with van der Waals surface area (Å²) in [4.78, 5) is 11.5. The largest absolute Gasteiger partial charge is 0.479 e. The third kappa shape index (κ3) is 5.29. The zero-order chi connectivity index (χ0) is 14.2. The number of nitrogens with one attached hydrogen (secondary N) is 2. The highest BCUT2D eigenvalue weighted by Gasteiger charge is 2.22. The molecule has 1 saturated carbocycles. The molecule has 106 valence electrons. The van der Waals surface area contributed by atoms with Crippen molar-refractivity contribution in [2.45, 2.75) is 31.8 Å². The summed E-state index contributed by atoms with van der Waals surface area (Å²) in [5.41, 5.74) is 1.07. The van der Waals surface area contributed by atoms with Gasteiger partial charge in [-0.15, -0.1) is 0 Å². The van der Waals surface area contributed by atoms with Gasteiger partial charge in [0, 0.05) is 25.6 Å². The summed E-state index contributed by atoms with van der Waals surface area (Å²) in [6.07, 6.45) is 2.74. The molecule has 0 heterocycles. The van der Waals surface area contributed by atoms with Crippen molar-refractivity contribution in [3.05, 3.63) is 29.8 Å². The zero-order valence-electron chi connectivity index (χ0n) is 11.4. The quantitative estimate of drug-likeness (QED) is 0.701. The topological polar surface area (TPSA) is 74.1 Å². The molecule has 2 rings (SSSR count). The monoisotopic (exact) mass is 273 g/mol. The summed E-state index contributed by atoms with van der Waals surface area (Å²) < 4.78 is 5.24. The number of carbonyl (C=O) groups excluding carboxylic acids is 1. The summed E-state index contributed by atoms with van der Waals surface area (Å²) >= 11 is 0. The van der Waals surface area contributed by atoms with E-state index in [9.17, 15) is 4.79 Å². The van der Waals surface area contributed by atoms with Crippen molar-refractivity contribution in [2.24, 2.45) is 0 Å². The van der Waals surface area contributed by atoms with Gasteiger partial charge in [-0.25, -0.2) is 0 Å². The average Bonchev–Trinajstić information content (AvgIpc) is 3.26. The minimum absolute atomic E-state index is 0.0538. The van der Waals surface area contributed by atoms with Crippen LogP contribution in [0.15, 0.2) is 24.3 Å². The van der Waals surface area contributed by atoms with E-state index in [4.69, 9.17) is 10.00 Å². The Hall–Kier alpha value is -2.06. The van der Waals surface area contributed by atoms with Gasteiger partial charge in [0.2, 0.25) is 5.91 Å². The van der Waals surface area contributed by atoms with E-state index in [-0.39, 0.29) is 12.5 Å². The van der Waals surface area contributed by atoms with E-state index < -0.39 is 0 Å². The molecule has 0 atom stereocenters. The molecule has 5 heteroatoms. The van der Waals surface area contributed by atoms with Crippen molar-refractivity contribution >= 4 is 5.91 Å². The van der Waals surface area contributed by atoms with Crippen molar-refractivity contribution in [3.63, 3.8) is 0 Å². The summed E-state index contributed by atoms with van der Waals surface area (Å²) in [5, 5.41) is 14.6. The SMILES string of the molecule is N#CCOc1cccc(CNCCC(=O)NC2CC2)c1. The smallest absolute Gasteiger partial charge is 0.221 e. The van der Waals surface area contributed by atoms with Gasteiger partial charge in [0.05, 0.1) is 0 Å². The van der Waals surface area contributed by atoms with Gasteiger partial charge in [0.15, 0.2) is 6.61 Å². The lowest BCUT2D eigenvalue weighted by atomic mass is 10.2. The van der Waals surface area contributed by atoms with E-state index in [0.717, 1.165) is 18.4 Å². The van der Waals surface area contributed by atoms with Crippen LogP contribution in [0.5, 0.6) is 5.75 Å². The molecule has 0 aromatic heterocycles. The standard InChI is InChI=1S/C15H19N3O2/c16-7-9-20-14-3-1-2-12(10-14)11-17-8-6-15(19)18-13-4-5-13/h1-3,10,13,17H,4-6,8-9,11H2,(H,18,19). The fourth-order valence-corrected chi connectivity index (χ4v) is 1.82. The number of hydrogen-bond donors (Lipinski definition) is 2. The van der Waals surface area contributed by atoms with Gasteiger partial charge in [-0.1, -0.05) is 12.1 Å². The first-order valence-corrected chi connectivity index (χ1v) is 6.86. The lowest BCUT2D eigenvalue weighted by Gasteiger charge is -2.07. The molecule has 20 heavy (non-hydrogen) atoms. The molecule has 1 amide bonds. The van der Waals surface area contributed by atoms with Crippen molar-refractivity contribution in [1.29, 1.82) is 5.26 Å². The Labute approximate surface area is 118 Å². The van der Waals surface area contributed by atoms with Crippen LogP contribution in [0.4, 0.5) is 0 Å². The van der Waals surface area contributed by atoms with Gasteiger partial charge in [-0.3, -0.25) is 4.79 Å². The fraction of sp³-hybridized carbons (Fsp3) is 0.467. The predicted molar refractivity (Wildman–Crippen MR) is 75.0 cm³/mol. The van der Waals surface area contributed by atoms with E-state index in [2.05, 4.69) is 10.6 Å². The highest BCUT2D eigenvalue weighted by molar-refractivity contribution is 5.76. The van der Waals surface area contributed by atoms with Crippen LogP contribution >= 0.6 is 0 Å². The molecule has 1 aromatic rings. The van der Waals surface area contributed by atoms with Crippen LogP contribution in [-0.4, -0.2) is 25.1 Å². The van der Waals surface area contributed by atoms with Crippen molar-refractivity contribution < 1.29 is 9.53 Å². The van der Waals surface area contributed by atoms with Crippen LogP contribution in [0, 0.1) is 11.3 Å². The first-order chi connectivity index (χ1) is 9.78. The van der Waals surface area contributed by atoms with E-state index >= 15 is 0 Å². The second-order valence-corrected chi connectivity index (χ2v) is 4.86. The normalized spacial score (nSPS) is 13.6. The van der Waals surface area contributed by atoms with Crippen molar-refractivity contribution in [3.8, 4) is 11.8 Å². The van der Waals surface area contributed by atoms with Crippen LogP contribution in [0.25, 0.3) is 0 Å². The molecular formula is C15H19N3O2. The van der Waals surface area contributed by atoms with Crippen LogP contribution in [0.3, 0.4) is 0 Å². The molecule has 0 bridgehead atoms. The highest BCUT2D eigenvalue weighted by atomic mass is 16.5. The molecule has 1 fully saturated rings. The Morgan fingerprint density at radius 3 is 3.05 bits per heavy atom. The maximum Gasteiger partial charge on any atom is 0.221 e. The molecule has 0 unspecified atom stereocenters. The Morgan fingerprint density at radius 1 is 1.45 bits per heavy atom. The van der Waals surface area contributed by atoms with E-state index in [0.29, 0.717) is 31.3 Å². The molecular weight excluding hydrogens is 254 g/mol. The summed E-state index contributed by atoms with van der Waals surface area (Å²) in [6.45, 7) is 1.39. The Kier molecular flexibility index (Phi) is 5.39. The molecule has 5 nitrogen and oxygen atoms in total. The Bertz CT molecular complexity index is 492. The third-order valence-corrected chi connectivity index (χ3v) is 3.00. The molecule has 0 aliphatic heterocycles. The van der Waals surface area contributed by atoms with Crippen LogP contribution < -0.4 is 15.4 Å². The second kappa shape index (κ2) is 7.51. The fourth-order valence-electron chi connectivity index (χ4n) is 1.82. The van der Waals surface area contributed by atoms with Gasteiger partial charge < -0.3 is 15.4 Å². The number of carbonyl (C=O) groups is 1. The van der Waals surface area contributed by atoms with E-state index in [1.54, 1.807) is 0 Å². The number of hydrogen-bond acceptors (Lipinski definition) is 4. The second-order valence-electron chi connectivity index (χ2n) is 4.86. The van der Waals surface area contributed by atoms with E-state index in [1.807, 2.05) is 30.3 Å². The van der Waals surface area contributed by atoms with Crippen LogP contribution in [0.1, 0.15) is 24.8 Å². The minimum Gasteiger partial charge on any atom is -0.479 e. The maximum absolute atomic E-state index is 11.5. The Morgan fingerprint density at radius 2 is 2.30 bits per heavy atom. The summed E-state index contributed by atoms with van der Waals surface area (Å²) in [6, 6.07) is 9.96. The number of benzene rings is 1. The van der Waals surface area contributed by atoms with E-state index in [1.165, 1.54) is 0 Å².